The van der Waals surface area contributed by atoms with Crippen LogP contribution in [0.1, 0.15) is 43.7 Å². The lowest BCUT2D eigenvalue weighted by atomic mass is 9.91. The van der Waals surface area contributed by atoms with Gasteiger partial charge in [0.2, 0.25) is 0 Å². The SMILES string of the molecule is NNC(CC1CCSCC1)c1ccc(OC2CC2)cc1. The summed E-state index contributed by atoms with van der Waals surface area (Å²) in [6, 6.07) is 8.72. The highest BCUT2D eigenvalue weighted by molar-refractivity contribution is 7.99. The van der Waals surface area contributed by atoms with Gasteiger partial charge < -0.3 is 4.74 Å². The van der Waals surface area contributed by atoms with Crippen LogP contribution in [0.15, 0.2) is 24.3 Å². The molecule has 3 nitrogen and oxygen atoms in total. The molecule has 4 heteroatoms. The van der Waals surface area contributed by atoms with E-state index in [1.165, 1.54) is 42.8 Å². The molecule has 0 spiro atoms. The zero-order chi connectivity index (χ0) is 13.8. The van der Waals surface area contributed by atoms with E-state index in [1.807, 2.05) is 0 Å². The number of rotatable bonds is 6. The predicted molar refractivity (Wildman–Crippen MR) is 84.8 cm³/mol. The van der Waals surface area contributed by atoms with Gasteiger partial charge in [-0.1, -0.05) is 12.1 Å². The minimum absolute atomic E-state index is 0.262. The first-order valence-corrected chi connectivity index (χ1v) is 8.81. The molecule has 1 saturated carbocycles. The fraction of sp³-hybridized carbons (Fsp3) is 0.625. The van der Waals surface area contributed by atoms with Gasteiger partial charge in [0.1, 0.15) is 5.75 Å². The molecule has 0 aromatic heterocycles. The number of hydrogen-bond donors (Lipinski definition) is 2. The standard InChI is InChI=1S/C16H24N2OS/c17-18-16(11-12-7-9-20-10-8-12)13-1-3-14(4-2-13)19-15-5-6-15/h1-4,12,15-16,18H,5-11,17H2. The number of hydrazine groups is 1. The lowest BCUT2D eigenvalue weighted by Crippen LogP contribution is -2.30. The van der Waals surface area contributed by atoms with Gasteiger partial charge in [-0.3, -0.25) is 11.3 Å². The summed E-state index contributed by atoms with van der Waals surface area (Å²) in [7, 11) is 0. The highest BCUT2D eigenvalue weighted by Gasteiger charge is 2.24. The molecule has 1 aromatic rings. The van der Waals surface area contributed by atoms with Crippen molar-refractivity contribution in [3.63, 3.8) is 0 Å². The Bertz CT molecular complexity index is 413. The molecule has 3 N–H and O–H groups in total. The lowest BCUT2D eigenvalue weighted by Gasteiger charge is -2.26. The largest absolute Gasteiger partial charge is 0.490 e. The summed E-state index contributed by atoms with van der Waals surface area (Å²) in [5.41, 5.74) is 4.26. The predicted octanol–water partition coefficient (Wildman–Crippen LogP) is 3.27. The number of thioether (sulfide) groups is 1. The first-order chi connectivity index (χ1) is 9.85. The summed E-state index contributed by atoms with van der Waals surface area (Å²) >= 11 is 2.07. The third kappa shape index (κ3) is 3.90. The topological polar surface area (TPSA) is 47.3 Å². The number of ether oxygens (including phenoxy) is 1. The first kappa shape index (κ1) is 14.2. The molecule has 1 saturated heterocycles. The average molecular weight is 292 g/mol. The van der Waals surface area contributed by atoms with E-state index in [4.69, 9.17) is 10.6 Å². The summed E-state index contributed by atoms with van der Waals surface area (Å²) in [5, 5.41) is 0. The molecule has 1 unspecified atom stereocenters. The Balaban J connectivity index is 1.58. The number of nitrogens with one attached hydrogen (secondary N) is 1. The molecule has 3 rings (SSSR count). The van der Waals surface area contributed by atoms with Gasteiger partial charge in [0.05, 0.1) is 6.10 Å². The normalized spacial score (nSPS) is 21.6. The van der Waals surface area contributed by atoms with Crippen LogP contribution in [0.2, 0.25) is 0 Å². The van der Waals surface area contributed by atoms with Gasteiger partial charge in [0.25, 0.3) is 0 Å². The molecule has 2 aliphatic rings. The van der Waals surface area contributed by atoms with Crippen molar-refractivity contribution in [2.75, 3.05) is 11.5 Å². The van der Waals surface area contributed by atoms with Crippen molar-refractivity contribution in [2.45, 2.75) is 44.2 Å². The van der Waals surface area contributed by atoms with Crippen molar-refractivity contribution in [2.24, 2.45) is 11.8 Å². The first-order valence-electron chi connectivity index (χ1n) is 7.65. The number of hydrogen-bond acceptors (Lipinski definition) is 4. The van der Waals surface area contributed by atoms with Gasteiger partial charge in [0, 0.05) is 6.04 Å². The summed E-state index contributed by atoms with van der Waals surface area (Å²) in [5.74, 6) is 10.2. The van der Waals surface area contributed by atoms with Crippen molar-refractivity contribution in [3.8, 4) is 5.75 Å². The molecule has 1 aliphatic carbocycles. The van der Waals surface area contributed by atoms with Crippen LogP contribution in [-0.2, 0) is 0 Å². The van der Waals surface area contributed by atoms with E-state index in [-0.39, 0.29) is 6.04 Å². The molecule has 1 atom stereocenters. The molecule has 0 radical (unpaired) electrons. The minimum atomic E-state index is 0.262. The Labute approximate surface area is 125 Å². The molecule has 1 heterocycles. The van der Waals surface area contributed by atoms with Gasteiger partial charge in [-0.25, -0.2) is 0 Å². The molecule has 1 aliphatic heterocycles. The summed E-state index contributed by atoms with van der Waals surface area (Å²) in [4.78, 5) is 0. The maximum absolute atomic E-state index is 5.79. The Kier molecular flexibility index (Phi) is 4.86. The average Bonchev–Trinajstić information content (AvgIpc) is 3.31. The molecule has 0 bridgehead atoms. The fourth-order valence-corrected chi connectivity index (χ4v) is 3.98. The Morgan fingerprint density at radius 2 is 1.85 bits per heavy atom. The van der Waals surface area contributed by atoms with E-state index in [0.717, 1.165) is 18.1 Å². The van der Waals surface area contributed by atoms with Crippen LogP contribution in [0.3, 0.4) is 0 Å². The third-order valence-corrected chi connectivity index (χ3v) is 5.27. The van der Waals surface area contributed by atoms with Crippen LogP contribution in [0.5, 0.6) is 5.75 Å². The second-order valence-corrected chi connectivity index (χ2v) is 7.12. The summed E-state index contributed by atoms with van der Waals surface area (Å²) in [6.07, 6.45) is 6.66. The molecule has 110 valence electrons. The Hall–Kier alpha value is -0.710. The van der Waals surface area contributed by atoms with Crippen molar-refractivity contribution in [1.29, 1.82) is 0 Å². The van der Waals surface area contributed by atoms with E-state index in [1.54, 1.807) is 0 Å². The number of benzene rings is 1. The van der Waals surface area contributed by atoms with Gasteiger partial charge in [0.15, 0.2) is 0 Å². The molecule has 1 aromatic carbocycles. The third-order valence-electron chi connectivity index (χ3n) is 4.22. The smallest absolute Gasteiger partial charge is 0.119 e. The van der Waals surface area contributed by atoms with Crippen molar-refractivity contribution >= 4 is 11.8 Å². The second-order valence-electron chi connectivity index (χ2n) is 5.90. The highest BCUT2D eigenvalue weighted by Crippen LogP contribution is 2.32. The monoisotopic (exact) mass is 292 g/mol. The number of nitrogens with two attached hydrogens (primary N) is 1. The molecule has 20 heavy (non-hydrogen) atoms. The highest BCUT2D eigenvalue weighted by atomic mass is 32.2. The second kappa shape index (κ2) is 6.83. The molecular weight excluding hydrogens is 268 g/mol. The zero-order valence-electron chi connectivity index (χ0n) is 11.9. The van der Waals surface area contributed by atoms with Crippen molar-refractivity contribution in [1.82, 2.24) is 5.43 Å². The van der Waals surface area contributed by atoms with Crippen LogP contribution < -0.4 is 16.0 Å². The Morgan fingerprint density at radius 1 is 1.15 bits per heavy atom. The lowest BCUT2D eigenvalue weighted by molar-refractivity contribution is 0.303. The van der Waals surface area contributed by atoms with E-state index in [0.29, 0.717) is 6.10 Å². The maximum atomic E-state index is 5.79. The van der Waals surface area contributed by atoms with Crippen LogP contribution in [0.4, 0.5) is 0 Å². The van der Waals surface area contributed by atoms with Crippen LogP contribution in [0, 0.1) is 5.92 Å². The Morgan fingerprint density at radius 3 is 2.45 bits per heavy atom. The van der Waals surface area contributed by atoms with Crippen LogP contribution in [-0.4, -0.2) is 17.6 Å². The van der Waals surface area contributed by atoms with E-state index < -0.39 is 0 Å². The molecule has 0 amide bonds. The zero-order valence-corrected chi connectivity index (χ0v) is 12.7. The van der Waals surface area contributed by atoms with E-state index in [9.17, 15) is 0 Å². The van der Waals surface area contributed by atoms with Crippen LogP contribution >= 0.6 is 11.8 Å². The van der Waals surface area contributed by atoms with Gasteiger partial charge in [-0.2, -0.15) is 11.8 Å². The van der Waals surface area contributed by atoms with Crippen molar-refractivity contribution in [3.05, 3.63) is 29.8 Å². The van der Waals surface area contributed by atoms with E-state index >= 15 is 0 Å². The van der Waals surface area contributed by atoms with Gasteiger partial charge in [-0.15, -0.1) is 0 Å². The molecule has 2 fully saturated rings. The fourth-order valence-electron chi connectivity index (χ4n) is 2.77. The maximum Gasteiger partial charge on any atom is 0.119 e. The van der Waals surface area contributed by atoms with Crippen molar-refractivity contribution < 1.29 is 4.74 Å². The molecular formula is C16H24N2OS. The minimum Gasteiger partial charge on any atom is -0.490 e. The van der Waals surface area contributed by atoms with E-state index in [2.05, 4.69) is 41.5 Å². The summed E-state index contributed by atoms with van der Waals surface area (Å²) < 4.78 is 5.79. The quantitative estimate of drug-likeness (QED) is 0.624. The van der Waals surface area contributed by atoms with Crippen LogP contribution in [0.25, 0.3) is 0 Å². The van der Waals surface area contributed by atoms with Gasteiger partial charge in [-0.05, 0) is 67.2 Å². The summed E-state index contributed by atoms with van der Waals surface area (Å²) in [6.45, 7) is 0. The van der Waals surface area contributed by atoms with Gasteiger partial charge >= 0.3 is 0 Å².